The fourth-order valence-corrected chi connectivity index (χ4v) is 2.18. The van der Waals surface area contributed by atoms with Gasteiger partial charge in [-0.15, -0.1) is 0 Å². The summed E-state index contributed by atoms with van der Waals surface area (Å²) in [6.07, 6.45) is -4.35. The van der Waals surface area contributed by atoms with Gasteiger partial charge in [-0.3, -0.25) is 4.79 Å². The van der Waals surface area contributed by atoms with Gasteiger partial charge in [0.1, 0.15) is 6.61 Å². The standard InChI is InChI=1S/C17H17F3N2O2/c1-11-7-13(17(18,19)20)6-5-12(11)9-21-14-3-2-4-15(8-14)22-16(24)10-23/h2-8,21,23H,9-10H2,1H3,(H,22,24). The number of hydrogen-bond donors (Lipinski definition) is 3. The van der Waals surface area contributed by atoms with Crippen molar-refractivity contribution >= 4 is 17.3 Å². The van der Waals surface area contributed by atoms with Crippen LogP contribution in [0.2, 0.25) is 0 Å². The molecule has 128 valence electrons. The van der Waals surface area contributed by atoms with E-state index in [0.29, 0.717) is 23.5 Å². The molecule has 3 N–H and O–H groups in total. The molecule has 0 spiro atoms. The number of nitrogens with one attached hydrogen (secondary N) is 2. The van der Waals surface area contributed by atoms with Crippen LogP contribution >= 0.6 is 0 Å². The highest BCUT2D eigenvalue weighted by Crippen LogP contribution is 2.30. The van der Waals surface area contributed by atoms with E-state index in [1.165, 1.54) is 6.07 Å². The van der Waals surface area contributed by atoms with Gasteiger partial charge in [-0.1, -0.05) is 12.1 Å². The first-order valence-corrected chi connectivity index (χ1v) is 7.21. The van der Waals surface area contributed by atoms with E-state index in [1.807, 2.05) is 0 Å². The van der Waals surface area contributed by atoms with Crippen LogP contribution in [0.4, 0.5) is 24.5 Å². The molecule has 0 aliphatic rings. The number of rotatable bonds is 5. The van der Waals surface area contributed by atoms with Crippen molar-refractivity contribution in [2.45, 2.75) is 19.6 Å². The summed E-state index contributed by atoms with van der Waals surface area (Å²) in [6.45, 7) is 1.37. The largest absolute Gasteiger partial charge is 0.416 e. The van der Waals surface area contributed by atoms with Crippen LogP contribution in [0.25, 0.3) is 0 Å². The van der Waals surface area contributed by atoms with Crippen molar-refractivity contribution in [1.29, 1.82) is 0 Å². The van der Waals surface area contributed by atoms with E-state index in [1.54, 1.807) is 31.2 Å². The van der Waals surface area contributed by atoms with Gasteiger partial charge in [0, 0.05) is 17.9 Å². The summed E-state index contributed by atoms with van der Waals surface area (Å²) >= 11 is 0. The lowest BCUT2D eigenvalue weighted by Gasteiger charge is -2.13. The van der Waals surface area contributed by atoms with Crippen molar-refractivity contribution in [3.8, 4) is 0 Å². The maximum Gasteiger partial charge on any atom is 0.416 e. The summed E-state index contributed by atoms with van der Waals surface area (Å²) in [5.41, 5.74) is 1.83. The predicted octanol–water partition coefficient (Wildman–Crippen LogP) is 3.56. The molecule has 0 aromatic heterocycles. The van der Waals surface area contributed by atoms with Gasteiger partial charge < -0.3 is 15.7 Å². The zero-order chi connectivity index (χ0) is 17.7. The number of carbonyl (C=O) groups is 1. The van der Waals surface area contributed by atoms with Crippen molar-refractivity contribution in [2.24, 2.45) is 0 Å². The Morgan fingerprint density at radius 2 is 1.83 bits per heavy atom. The second-order valence-electron chi connectivity index (χ2n) is 5.28. The molecule has 0 unspecified atom stereocenters. The molecule has 0 saturated heterocycles. The quantitative estimate of drug-likeness (QED) is 0.781. The van der Waals surface area contributed by atoms with Crippen molar-refractivity contribution in [3.63, 3.8) is 0 Å². The van der Waals surface area contributed by atoms with E-state index in [2.05, 4.69) is 10.6 Å². The third kappa shape index (κ3) is 4.73. The molecule has 0 atom stereocenters. The lowest BCUT2D eigenvalue weighted by atomic mass is 10.0. The predicted molar refractivity (Wildman–Crippen MR) is 85.7 cm³/mol. The van der Waals surface area contributed by atoms with Gasteiger partial charge >= 0.3 is 6.18 Å². The molecule has 7 heteroatoms. The van der Waals surface area contributed by atoms with Gasteiger partial charge in [0.05, 0.1) is 5.56 Å². The first-order chi connectivity index (χ1) is 11.3. The van der Waals surface area contributed by atoms with Crippen molar-refractivity contribution < 1.29 is 23.1 Å². The van der Waals surface area contributed by atoms with Crippen LogP contribution in [-0.4, -0.2) is 17.6 Å². The van der Waals surface area contributed by atoms with Crippen LogP contribution in [0.1, 0.15) is 16.7 Å². The Morgan fingerprint density at radius 3 is 2.46 bits per heavy atom. The van der Waals surface area contributed by atoms with Crippen LogP contribution in [-0.2, 0) is 17.5 Å². The number of alkyl halides is 3. The van der Waals surface area contributed by atoms with Gasteiger partial charge in [0.25, 0.3) is 0 Å². The fourth-order valence-electron chi connectivity index (χ4n) is 2.18. The van der Waals surface area contributed by atoms with Crippen LogP contribution in [0.5, 0.6) is 0 Å². The normalized spacial score (nSPS) is 11.2. The average Bonchev–Trinajstić information content (AvgIpc) is 2.53. The third-order valence-electron chi connectivity index (χ3n) is 3.44. The highest BCUT2D eigenvalue weighted by molar-refractivity contribution is 5.91. The first kappa shape index (κ1) is 17.8. The number of amides is 1. The van der Waals surface area contributed by atoms with Gasteiger partial charge in [-0.25, -0.2) is 0 Å². The van der Waals surface area contributed by atoms with Gasteiger partial charge in [-0.05, 0) is 48.4 Å². The average molecular weight is 338 g/mol. The number of aryl methyl sites for hydroxylation is 1. The van der Waals surface area contributed by atoms with E-state index >= 15 is 0 Å². The summed E-state index contributed by atoms with van der Waals surface area (Å²) < 4.78 is 38.0. The molecule has 0 heterocycles. The number of anilines is 2. The summed E-state index contributed by atoms with van der Waals surface area (Å²) in [4.78, 5) is 11.2. The van der Waals surface area contributed by atoms with E-state index in [9.17, 15) is 18.0 Å². The van der Waals surface area contributed by atoms with E-state index < -0.39 is 24.3 Å². The SMILES string of the molecule is Cc1cc(C(F)(F)F)ccc1CNc1cccc(NC(=O)CO)c1. The molecule has 2 aromatic rings. The Kier molecular flexibility index (Phi) is 5.46. The Hall–Kier alpha value is -2.54. The van der Waals surface area contributed by atoms with Crippen molar-refractivity contribution in [2.75, 3.05) is 17.2 Å². The minimum atomic E-state index is -4.35. The molecule has 0 fully saturated rings. The van der Waals surface area contributed by atoms with Crippen LogP contribution in [0, 0.1) is 6.92 Å². The minimum absolute atomic E-state index is 0.349. The van der Waals surface area contributed by atoms with Crippen molar-refractivity contribution in [3.05, 3.63) is 59.2 Å². The molecule has 1 amide bonds. The van der Waals surface area contributed by atoms with E-state index in [4.69, 9.17) is 5.11 Å². The number of halogens is 3. The molecule has 2 rings (SSSR count). The van der Waals surface area contributed by atoms with Crippen molar-refractivity contribution in [1.82, 2.24) is 0 Å². The first-order valence-electron chi connectivity index (χ1n) is 7.21. The molecule has 0 bridgehead atoms. The fraction of sp³-hybridized carbons (Fsp3) is 0.235. The Labute approximate surface area is 137 Å². The highest BCUT2D eigenvalue weighted by atomic mass is 19.4. The summed E-state index contributed by atoms with van der Waals surface area (Å²) in [5, 5.41) is 14.3. The third-order valence-corrected chi connectivity index (χ3v) is 3.44. The number of hydrogen-bond acceptors (Lipinski definition) is 3. The smallest absolute Gasteiger partial charge is 0.387 e. The second kappa shape index (κ2) is 7.35. The summed E-state index contributed by atoms with van der Waals surface area (Å²) in [6, 6.07) is 10.5. The van der Waals surface area contributed by atoms with E-state index in [0.717, 1.165) is 17.7 Å². The van der Waals surface area contributed by atoms with E-state index in [-0.39, 0.29) is 0 Å². The molecule has 0 radical (unpaired) electrons. The molecule has 0 aliphatic heterocycles. The number of aliphatic hydroxyl groups is 1. The number of benzene rings is 2. The van der Waals surface area contributed by atoms with Gasteiger partial charge in [0.15, 0.2) is 0 Å². The highest BCUT2D eigenvalue weighted by Gasteiger charge is 2.30. The van der Waals surface area contributed by atoms with Gasteiger partial charge in [0.2, 0.25) is 5.91 Å². The molecule has 4 nitrogen and oxygen atoms in total. The molecular formula is C17H17F3N2O2. The maximum absolute atomic E-state index is 12.7. The molecule has 0 aliphatic carbocycles. The molecule has 24 heavy (non-hydrogen) atoms. The Balaban J connectivity index is 2.06. The molecular weight excluding hydrogens is 321 g/mol. The zero-order valence-corrected chi connectivity index (χ0v) is 12.9. The minimum Gasteiger partial charge on any atom is -0.387 e. The molecule has 0 saturated carbocycles. The van der Waals surface area contributed by atoms with Crippen LogP contribution in [0.3, 0.4) is 0 Å². The summed E-state index contributed by atoms with van der Waals surface area (Å²) in [5.74, 6) is -0.522. The maximum atomic E-state index is 12.7. The van der Waals surface area contributed by atoms with Gasteiger partial charge in [-0.2, -0.15) is 13.2 Å². The molecule has 2 aromatic carbocycles. The Bertz CT molecular complexity index is 730. The van der Waals surface area contributed by atoms with Crippen LogP contribution in [0.15, 0.2) is 42.5 Å². The lowest BCUT2D eigenvalue weighted by molar-refractivity contribution is -0.137. The number of carbonyl (C=O) groups excluding carboxylic acids is 1. The zero-order valence-electron chi connectivity index (χ0n) is 12.9. The summed E-state index contributed by atoms with van der Waals surface area (Å²) in [7, 11) is 0. The topological polar surface area (TPSA) is 61.4 Å². The second-order valence-corrected chi connectivity index (χ2v) is 5.28. The lowest BCUT2D eigenvalue weighted by Crippen LogP contribution is -2.15. The van der Waals surface area contributed by atoms with Crippen LogP contribution < -0.4 is 10.6 Å². The Morgan fingerprint density at radius 1 is 1.12 bits per heavy atom. The number of aliphatic hydroxyl groups excluding tert-OH is 1. The monoisotopic (exact) mass is 338 g/mol.